The van der Waals surface area contributed by atoms with Gasteiger partial charge in [-0.15, -0.1) is 15.0 Å². The molecule has 1 aromatic heterocycles. The second-order valence-electron chi connectivity index (χ2n) is 6.94. The van der Waals surface area contributed by atoms with Gasteiger partial charge in [0, 0.05) is 5.56 Å². The Morgan fingerprint density at radius 3 is 2.29 bits per heavy atom. The smallest absolute Gasteiger partial charge is 0.261 e. The largest absolute Gasteiger partial charge is 0.497 e. The van der Waals surface area contributed by atoms with Crippen LogP contribution in [0.2, 0.25) is 0 Å². The Bertz CT molecular complexity index is 1140. The lowest BCUT2D eigenvalue weighted by Gasteiger charge is -2.20. The van der Waals surface area contributed by atoms with E-state index >= 15 is 0 Å². The second kappa shape index (κ2) is 9.20. The summed E-state index contributed by atoms with van der Waals surface area (Å²) >= 11 is 0. The second-order valence-corrected chi connectivity index (χ2v) is 8.66. The SMILES string of the molecule is COc1ccc(-n2nnc(-c3ccc(S(=O)(=O)NC(C(=O)NO)C(C)C)cc3)n2)cc1. The van der Waals surface area contributed by atoms with Crippen LogP contribution in [-0.4, -0.2) is 52.9 Å². The molecular formula is C19H22N6O5S. The average molecular weight is 446 g/mol. The van der Waals surface area contributed by atoms with Crippen molar-refractivity contribution in [2.24, 2.45) is 5.92 Å². The maximum atomic E-state index is 12.6. The summed E-state index contributed by atoms with van der Waals surface area (Å²) in [6.07, 6.45) is 0. The number of hydrogen-bond donors (Lipinski definition) is 3. The summed E-state index contributed by atoms with van der Waals surface area (Å²) in [5.41, 5.74) is 2.72. The van der Waals surface area contributed by atoms with Gasteiger partial charge in [0.25, 0.3) is 5.91 Å². The lowest BCUT2D eigenvalue weighted by molar-refractivity contribution is -0.131. The number of aromatic nitrogens is 4. The molecule has 0 spiro atoms. The van der Waals surface area contributed by atoms with E-state index in [2.05, 4.69) is 20.1 Å². The fourth-order valence-electron chi connectivity index (χ4n) is 2.74. The van der Waals surface area contributed by atoms with Crippen molar-refractivity contribution in [1.29, 1.82) is 0 Å². The summed E-state index contributed by atoms with van der Waals surface area (Å²) in [6, 6.07) is 11.8. The van der Waals surface area contributed by atoms with E-state index < -0.39 is 22.0 Å². The molecule has 1 amide bonds. The number of ether oxygens (including phenoxy) is 1. The first-order valence-corrected chi connectivity index (χ1v) is 10.7. The Balaban J connectivity index is 1.79. The third-order valence-electron chi connectivity index (χ3n) is 4.48. The topological polar surface area (TPSA) is 148 Å². The Hall–Kier alpha value is -3.35. The molecular weight excluding hydrogens is 424 g/mol. The first-order chi connectivity index (χ1) is 14.7. The average Bonchev–Trinajstić information content (AvgIpc) is 3.27. The summed E-state index contributed by atoms with van der Waals surface area (Å²) in [7, 11) is -2.42. The summed E-state index contributed by atoms with van der Waals surface area (Å²) in [4.78, 5) is 13.0. The zero-order valence-electron chi connectivity index (χ0n) is 17.1. The lowest BCUT2D eigenvalue weighted by Crippen LogP contribution is -2.48. The van der Waals surface area contributed by atoms with Crippen molar-refractivity contribution in [1.82, 2.24) is 30.4 Å². The maximum Gasteiger partial charge on any atom is 0.261 e. The number of hydrogen-bond acceptors (Lipinski definition) is 8. The summed E-state index contributed by atoms with van der Waals surface area (Å²) in [6.45, 7) is 3.31. The van der Waals surface area contributed by atoms with Gasteiger partial charge in [0.15, 0.2) is 0 Å². The molecule has 31 heavy (non-hydrogen) atoms. The number of tetrazole rings is 1. The van der Waals surface area contributed by atoms with E-state index in [1.54, 1.807) is 57.4 Å². The molecule has 0 bridgehead atoms. The number of carbonyl (C=O) groups is 1. The van der Waals surface area contributed by atoms with Crippen LogP contribution in [-0.2, 0) is 14.8 Å². The van der Waals surface area contributed by atoms with Crippen LogP contribution in [0.15, 0.2) is 53.4 Å². The highest BCUT2D eigenvalue weighted by molar-refractivity contribution is 7.89. The minimum Gasteiger partial charge on any atom is -0.497 e. The number of benzene rings is 2. The fraction of sp³-hybridized carbons (Fsp3) is 0.263. The molecule has 0 saturated heterocycles. The van der Waals surface area contributed by atoms with Gasteiger partial charge in [0.1, 0.15) is 11.8 Å². The Morgan fingerprint density at radius 1 is 1.10 bits per heavy atom. The van der Waals surface area contributed by atoms with Gasteiger partial charge >= 0.3 is 0 Å². The third-order valence-corrected chi connectivity index (χ3v) is 5.94. The molecule has 0 radical (unpaired) electrons. The summed E-state index contributed by atoms with van der Waals surface area (Å²) in [5.74, 6) is -0.203. The molecule has 3 N–H and O–H groups in total. The van der Waals surface area contributed by atoms with Crippen LogP contribution in [0.1, 0.15) is 13.8 Å². The van der Waals surface area contributed by atoms with E-state index in [0.717, 1.165) is 0 Å². The van der Waals surface area contributed by atoms with E-state index in [9.17, 15) is 13.2 Å². The van der Waals surface area contributed by atoms with Crippen LogP contribution in [0.3, 0.4) is 0 Å². The summed E-state index contributed by atoms with van der Waals surface area (Å²) < 4.78 is 32.7. The molecule has 0 aliphatic rings. The van der Waals surface area contributed by atoms with Gasteiger partial charge in [-0.05, 0) is 59.7 Å². The molecule has 0 aliphatic carbocycles. The molecule has 12 heteroatoms. The Kier molecular flexibility index (Phi) is 6.63. The third kappa shape index (κ3) is 5.05. The van der Waals surface area contributed by atoms with Crippen molar-refractivity contribution < 1.29 is 23.2 Å². The molecule has 3 rings (SSSR count). The Morgan fingerprint density at radius 2 is 1.74 bits per heavy atom. The van der Waals surface area contributed by atoms with Crippen molar-refractivity contribution in [3.05, 3.63) is 48.5 Å². The maximum absolute atomic E-state index is 12.6. The van der Waals surface area contributed by atoms with Crippen LogP contribution in [0.4, 0.5) is 0 Å². The number of carbonyl (C=O) groups excluding carboxylic acids is 1. The van der Waals surface area contributed by atoms with Crippen molar-refractivity contribution in [3.8, 4) is 22.8 Å². The number of sulfonamides is 1. The van der Waals surface area contributed by atoms with Crippen LogP contribution < -0.4 is 14.9 Å². The minimum atomic E-state index is -4.00. The fourth-order valence-corrected chi connectivity index (χ4v) is 4.08. The number of amides is 1. The van der Waals surface area contributed by atoms with Gasteiger partial charge in [0.05, 0.1) is 17.7 Å². The molecule has 11 nitrogen and oxygen atoms in total. The highest BCUT2D eigenvalue weighted by Gasteiger charge is 2.28. The van der Waals surface area contributed by atoms with Crippen LogP contribution in [0.25, 0.3) is 17.1 Å². The van der Waals surface area contributed by atoms with Crippen LogP contribution in [0, 0.1) is 5.92 Å². The first-order valence-electron chi connectivity index (χ1n) is 9.26. The summed E-state index contributed by atoms with van der Waals surface area (Å²) in [5, 5.41) is 21.2. The molecule has 0 saturated carbocycles. The van der Waals surface area contributed by atoms with Gasteiger partial charge in [-0.25, -0.2) is 13.9 Å². The quantitative estimate of drug-likeness (QED) is 0.345. The molecule has 1 atom stereocenters. The van der Waals surface area contributed by atoms with Gasteiger partial charge in [0.2, 0.25) is 15.8 Å². The molecule has 164 valence electrons. The molecule has 0 aliphatic heterocycles. The van der Waals surface area contributed by atoms with E-state index in [0.29, 0.717) is 22.8 Å². The van der Waals surface area contributed by atoms with Gasteiger partial charge in [-0.2, -0.15) is 4.72 Å². The standard InChI is InChI=1S/C19H22N6O5S/c1-12(2)17(19(26)22-27)23-31(28,29)16-10-4-13(5-11-16)18-20-24-25(21-18)14-6-8-15(30-3)9-7-14/h4-12,17,23,27H,1-3H3,(H,22,26). The van der Waals surface area contributed by atoms with Crippen molar-refractivity contribution in [2.45, 2.75) is 24.8 Å². The number of nitrogens with zero attached hydrogens (tertiary/aromatic N) is 4. The number of rotatable bonds is 8. The van der Waals surface area contributed by atoms with E-state index in [1.807, 2.05) is 0 Å². The Labute approximate surface area is 179 Å². The van der Waals surface area contributed by atoms with Gasteiger partial charge in [-0.3, -0.25) is 10.0 Å². The highest BCUT2D eigenvalue weighted by atomic mass is 32.2. The monoisotopic (exact) mass is 446 g/mol. The number of methoxy groups -OCH3 is 1. The van der Waals surface area contributed by atoms with Gasteiger partial charge < -0.3 is 4.74 Å². The molecule has 1 unspecified atom stereocenters. The molecule has 2 aromatic carbocycles. The van der Waals surface area contributed by atoms with Crippen molar-refractivity contribution in [2.75, 3.05) is 7.11 Å². The predicted octanol–water partition coefficient (Wildman–Crippen LogP) is 1.15. The predicted molar refractivity (Wildman–Crippen MR) is 110 cm³/mol. The number of hydroxylamine groups is 1. The lowest BCUT2D eigenvalue weighted by atomic mass is 10.1. The van der Waals surface area contributed by atoms with E-state index in [4.69, 9.17) is 9.94 Å². The van der Waals surface area contributed by atoms with Crippen molar-refractivity contribution in [3.63, 3.8) is 0 Å². The normalized spacial score (nSPS) is 12.5. The molecule has 3 aromatic rings. The zero-order valence-corrected chi connectivity index (χ0v) is 17.9. The molecule has 1 heterocycles. The van der Waals surface area contributed by atoms with E-state index in [1.165, 1.54) is 22.4 Å². The van der Waals surface area contributed by atoms with Crippen LogP contribution in [0.5, 0.6) is 5.75 Å². The first kappa shape index (κ1) is 22.3. The highest BCUT2D eigenvalue weighted by Crippen LogP contribution is 2.20. The zero-order chi connectivity index (χ0) is 22.6. The van der Waals surface area contributed by atoms with E-state index in [-0.39, 0.29) is 10.8 Å². The number of nitrogens with one attached hydrogen (secondary N) is 2. The van der Waals surface area contributed by atoms with Crippen molar-refractivity contribution >= 4 is 15.9 Å². The minimum absolute atomic E-state index is 0.0461. The van der Waals surface area contributed by atoms with Crippen LogP contribution >= 0.6 is 0 Å². The molecule has 0 fully saturated rings. The van der Waals surface area contributed by atoms with Gasteiger partial charge in [-0.1, -0.05) is 13.8 Å².